The van der Waals surface area contributed by atoms with Crippen LogP contribution in [0.5, 0.6) is 11.5 Å². The van der Waals surface area contributed by atoms with Crippen LogP contribution >= 0.6 is 0 Å². The summed E-state index contributed by atoms with van der Waals surface area (Å²) in [4.78, 5) is 0. The van der Waals surface area contributed by atoms with Crippen molar-refractivity contribution < 1.29 is 10.2 Å². The third-order valence-electron chi connectivity index (χ3n) is 2.74. The lowest BCUT2D eigenvalue weighted by Gasteiger charge is -2.08. The first-order valence-corrected chi connectivity index (χ1v) is 5.67. The van der Waals surface area contributed by atoms with E-state index in [2.05, 4.69) is 6.92 Å². The topological polar surface area (TPSA) is 40.5 Å². The molecule has 0 aliphatic heterocycles. The molecule has 15 heavy (non-hydrogen) atoms. The number of hydrogen-bond donors (Lipinski definition) is 2. The minimum Gasteiger partial charge on any atom is -0.504 e. The highest BCUT2D eigenvalue weighted by molar-refractivity contribution is 5.49. The quantitative estimate of drug-likeness (QED) is 0.574. The standard InChI is InChI=1S/C13H20O2/c1-3-4-5-6-7-11-9-8-10(2)12(14)13(11)15/h8-9,14-15H,3-7H2,1-2H3. The highest BCUT2D eigenvalue weighted by atomic mass is 16.3. The van der Waals surface area contributed by atoms with E-state index in [9.17, 15) is 10.2 Å². The Morgan fingerprint density at radius 2 is 1.73 bits per heavy atom. The van der Waals surface area contributed by atoms with Crippen molar-refractivity contribution in [2.75, 3.05) is 0 Å². The molecule has 0 aromatic heterocycles. The second-order valence-corrected chi connectivity index (χ2v) is 4.05. The summed E-state index contributed by atoms with van der Waals surface area (Å²) in [7, 11) is 0. The van der Waals surface area contributed by atoms with Crippen LogP contribution in [-0.4, -0.2) is 10.2 Å². The van der Waals surface area contributed by atoms with Crippen molar-refractivity contribution in [3.63, 3.8) is 0 Å². The van der Waals surface area contributed by atoms with Crippen LogP contribution in [0.3, 0.4) is 0 Å². The van der Waals surface area contributed by atoms with Gasteiger partial charge in [-0.15, -0.1) is 0 Å². The lowest BCUT2D eigenvalue weighted by atomic mass is 10.0. The maximum atomic E-state index is 9.68. The number of phenolic OH excluding ortho intramolecular Hbond substituents is 2. The van der Waals surface area contributed by atoms with Crippen LogP contribution in [-0.2, 0) is 6.42 Å². The normalized spacial score (nSPS) is 10.5. The molecule has 0 atom stereocenters. The van der Waals surface area contributed by atoms with Gasteiger partial charge < -0.3 is 10.2 Å². The number of aromatic hydroxyl groups is 2. The Labute approximate surface area is 91.6 Å². The summed E-state index contributed by atoms with van der Waals surface area (Å²) in [5.74, 6) is 0.0921. The Morgan fingerprint density at radius 1 is 1.00 bits per heavy atom. The van der Waals surface area contributed by atoms with Gasteiger partial charge in [0.15, 0.2) is 11.5 Å². The molecule has 0 aliphatic carbocycles. The van der Waals surface area contributed by atoms with E-state index in [4.69, 9.17) is 0 Å². The smallest absolute Gasteiger partial charge is 0.160 e. The van der Waals surface area contributed by atoms with Crippen LogP contribution in [0, 0.1) is 6.92 Å². The molecule has 2 heteroatoms. The third-order valence-corrected chi connectivity index (χ3v) is 2.74. The number of phenols is 2. The average molecular weight is 208 g/mol. The highest BCUT2D eigenvalue weighted by Crippen LogP contribution is 2.32. The number of aryl methyl sites for hydroxylation is 2. The molecule has 2 N–H and O–H groups in total. The molecule has 1 aromatic rings. The van der Waals surface area contributed by atoms with Crippen molar-refractivity contribution >= 4 is 0 Å². The van der Waals surface area contributed by atoms with Gasteiger partial charge in [-0.1, -0.05) is 38.3 Å². The molecule has 0 unspecified atom stereocenters. The van der Waals surface area contributed by atoms with Gasteiger partial charge in [0, 0.05) is 0 Å². The van der Waals surface area contributed by atoms with Crippen molar-refractivity contribution in [2.24, 2.45) is 0 Å². The zero-order chi connectivity index (χ0) is 11.3. The number of unbranched alkanes of at least 4 members (excludes halogenated alkanes) is 3. The molecule has 0 bridgehead atoms. The van der Waals surface area contributed by atoms with Crippen molar-refractivity contribution in [3.05, 3.63) is 23.3 Å². The first kappa shape index (κ1) is 11.9. The lowest BCUT2D eigenvalue weighted by molar-refractivity contribution is 0.396. The summed E-state index contributed by atoms with van der Waals surface area (Å²) in [5.41, 5.74) is 1.58. The van der Waals surface area contributed by atoms with Crippen LogP contribution in [0.1, 0.15) is 43.7 Å². The molecule has 0 fully saturated rings. The maximum absolute atomic E-state index is 9.68. The van der Waals surface area contributed by atoms with Crippen molar-refractivity contribution in [2.45, 2.75) is 46.0 Å². The number of benzene rings is 1. The fraction of sp³-hybridized carbons (Fsp3) is 0.538. The summed E-state index contributed by atoms with van der Waals surface area (Å²) in [6.07, 6.45) is 5.55. The largest absolute Gasteiger partial charge is 0.504 e. The summed E-state index contributed by atoms with van der Waals surface area (Å²) in [5, 5.41) is 19.2. The van der Waals surface area contributed by atoms with E-state index in [1.165, 1.54) is 19.3 Å². The van der Waals surface area contributed by atoms with Gasteiger partial charge in [-0.05, 0) is 30.9 Å². The fourth-order valence-corrected chi connectivity index (χ4v) is 1.67. The van der Waals surface area contributed by atoms with Crippen LogP contribution in [0.4, 0.5) is 0 Å². The van der Waals surface area contributed by atoms with Gasteiger partial charge in [0.25, 0.3) is 0 Å². The van der Waals surface area contributed by atoms with E-state index in [1.54, 1.807) is 6.92 Å². The van der Waals surface area contributed by atoms with Gasteiger partial charge >= 0.3 is 0 Å². The predicted molar refractivity (Wildman–Crippen MR) is 62.4 cm³/mol. The van der Waals surface area contributed by atoms with Crippen molar-refractivity contribution in [1.29, 1.82) is 0 Å². The van der Waals surface area contributed by atoms with Crippen LogP contribution < -0.4 is 0 Å². The molecule has 0 aliphatic rings. The number of hydrogen-bond acceptors (Lipinski definition) is 2. The fourth-order valence-electron chi connectivity index (χ4n) is 1.67. The second kappa shape index (κ2) is 5.64. The summed E-state index contributed by atoms with van der Waals surface area (Å²) in [6, 6.07) is 3.75. The van der Waals surface area contributed by atoms with E-state index >= 15 is 0 Å². The maximum Gasteiger partial charge on any atom is 0.160 e. The Kier molecular flexibility index (Phi) is 4.47. The Bertz CT molecular complexity index is 319. The first-order chi connectivity index (χ1) is 7.16. The van der Waals surface area contributed by atoms with Gasteiger partial charge in [0.1, 0.15) is 0 Å². The molecule has 0 saturated carbocycles. The van der Waals surface area contributed by atoms with Gasteiger partial charge in [0.2, 0.25) is 0 Å². The van der Waals surface area contributed by atoms with Crippen LogP contribution in [0.2, 0.25) is 0 Å². The van der Waals surface area contributed by atoms with Gasteiger partial charge in [0.05, 0.1) is 0 Å². The Balaban J connectivity index is 2.58. The molecular weight excluding hydrogens is 188 g/mol. The van der Waals surface area contributed by atoms with Crippen LogP contribution in [0.15, 0.2) is 12.1 Å². The zero-order valence-corrected chi connectivity index (χ0v) is 9.58. The predicted octanol–water partition coefficient (Wildman–Crippen LogP) is 3.53. The summed E-state index contributed by atoms with van der Waals surface area (Å²) >= 11 is 0. The van der Waals surface area contributed by atoms with E-state index in [-0.39, 0.29) is 11.5 Å². The molecule has 0 spiro atoms. The SMILES string of the molecule is CCCCCCc1ccc(C)c(O)c1O. The first-order valence-electron chi connectivity index (χ1n) is 5.67. The van der Waals surface area contributed by atoms with E-state index < -0.39 is 0 Å². The minimum atomic E-state index is 0.0305. The molecular formula is C13H20O2. The highest BCUT2D eigenvalue weighted by Gasteiger charge is 2.08. The molecule has 0 heterocycles. The molecule has 1 rings (SSSR count). The van der Waals surface area contributed by atoms with Crippen LogP contribution in [0.25, 0.3) is 0 Å². The van der Waals surface area contributed by atoms with Gasteiger partial charge in [-0.25, -0.2) is 0 Å². The van der Waals surface area contributed by atoms with E-state index in [0.717, 1.165) is 24.0 Å². The molecule has 0 amide bonds. The molecule has 84 valence electrons. The minimum absolute atomic E-state index is 0.0305. The molecule has 0 radical (unpaired) electrons. The number of rotatable bonds is 5. The monoisotopic (exact) mass is 208 g/mol. The third kappa shape index (κ3) is 3.15. The van der Waals surface area contributed by atoms with Gasteiger partial charge in [-0.3, -0.25) is 0 Å². The average Bonchev–Trinajstić information content (AvgIpc) is 2.24. The molecule has 1 aromatic carbocycles. The van der Waals surface area contributed by atoms with Gasteiger partial charge in [-0.2, -0.15) is 0 Å². The van der Waals surface area contributed by atoms with Crippen molar-refractivity contribution in [3.8, 4) is 11.5 Å². The van der Waals surface area contributed by atoms with Crippen molar-refractivity contribution in [1.82, 2.24) is 0 Å². The zero-order valence-electron chi connectivity index (χ0n) is 9.58. The van der Waals surface area contributed by atoms with E-state index in [0.29, 0.717) is 0 Å². The summed E-state index contributed by atoms with van der Waals surface area (Å²) < 4.78 is 0. The Hall–Kier alpha value is -1.18. The van der Waals surface area contributed by atoms with E-state index in [1.807, 2.05) is 12.1 Å². The Morgan fingerprint density at radius 3 is 2.40 bits per heavy atom. The lowest BCUT2D eigenvalue weighted by Crippen LogP contribution is -1.88. The molecule has 2 nitrogen and oxygen atoms in total. The molecule has 0 saturated heterocycles. The summed E-state index contributed by atoms with van der Waals surface area (Å²) in [6.45, 7) is 3.96. The second-order valence-electron chi connectivity index (χ2n) is 4.05.